The first-order valence-electron chi connectivity index (χ1n) is 21.2. The molecular formula is C43H48N12O6. The minimum Gasteiger partial charge on any atom is -0.419 e. The fourth-order valence-electron chi connectivity index (χ4n) is 9.04. The number of anilines is 3. The molecule has 1 atom stereocenters. The van der Waals surface area contributed by atoms with Crippen molar-refractivity contribution in [1.82, 2.24) is 44.9 Å². The molecule has 4 aromatic heterocycles. The number of fused-ring (bicyclic) bond motifs is 2. The Balaban J connectivity index is 0.701. The van der Waals surface area contributed by atoms with E-state index in [0.29, 0.717) is 92.3 Å². The maximum absolute atomic E-state index is 13.1. The van der Waals surface area contributed by atoms with E-state index >= 15 is 0 Å². The van der Waals surface area contributed by atoms with Crippen LogP contribution in [-0.4, -0.2) is 101 Å². The largest absolute Gasteiger partial charge is 0.419 e. The van der Waals surface area contributed by atoms with Crippen LogP contribution in [0.5, 0.6) is 0 Å². The number of hydrogen-bond acceptors (Lipinski definition) is 12. The number of urea groups is 1. The summed E-state index contributed by atoms with van der Waals surface area (Å²) in [6, 6.07) is 8.37. The van der Waals surface area contributed by atoms with Gasteiger partial charge < -0.3 is 29.8 Å². The first kappa shape index (κ1) is 39.7. The van der Waals surface area contributed by atoms with Crippen LogP contribution in [0.2, 0.25) is 0 Å². The number of amides is 6. The lowest BCUT2D eigenvalue weighted by atomic mass is 10.0. The predicted octanol–water partition coefficient (Wildman–Crippen LogP) is 5.00. The van der Waals surface area contributed by atoms with Gasteiger partial charge in [0.15, 0.2) is 5.65 Å². The van der Waals surface area contributed by atoms with Crippen molar-refractivity contribution in [2.24, 2.45) is 0 Å². The number of carbonyl (C=O) groups excluding carboxylic acids is 5. The zero-order valence-electron chi connectivity index (χ0n) is 34.1. The summed E-state index contributed by atoms with van der Waals surface area (Å²) in [4.78, 5) is 78.0. The summed E-state index contributed by atoms with van der Waals surface area (Å²) < 4.78 is 7.78. The van der Waals surface area contributed by atoms with Crippen molar-refractivity contribution in [2.45, 2.75) is 96.1 Å². The van der Waals surface area contributed by atoms with Crippen LogP contribution < -0.4 is 20.9 Å². The maximum Gasteiger partial charge on any atom is 0.323 e. The molecule has 1 aromatic carbocycles. The molecule has 1 aliphatic carbocycles. The van der Waals surface area contributed by atoms with Crippen molar-refractivity contribution in [1.29, 1.82) is 0 Å². The standard InChI is InChI=1S/C43H48N12O6/c1-26-21-29(47-43(60)48-32-24-44-34-15-16-46-55(34)39(32)27-7-5-6-8-27)23-45-38(26)41-51-50-36(61-41)9-3-2-4-10-37(57)53-19-17-52(18-20-53)30-11-12-31-28(22-30)25-54(42(31)59)33-13-14-35(56)49-40(33)58/h11-12,15-16,21-24,27,33H,2-10,13-14,17-20,25H2,1H3,(H2,47,48,60)(H,49,56,58). The van der Waals surface area contributed by atoms with Gasteiger partial charge in [0, 0.05) is 75.2 Å². The molecule has 4 aliphatic rings. The summed E-state index contributed by atoms with van der Waals surface area (Å²) >= 11 is 0. The summed E-state index contributed by atoms with van der Waals surface area (Å²) in [5.74, 6) is 0.334. The monoisotopic (exact) mass is 828 g/mol. The smallest absolute Gasteiger partial charge is 0.323 e. The van der Waals surface area contributed by atoms with Gasteiger partial charge in [-0.2, -0.15) is 5.10 Å². The number of piperidine rings is 1. The lowest BCUT2D eigenvalue weighted by molar-refractivity contribution is -0.137. The highest BCUT2D eigenvalue weighted by molar-refractivity contribution is 6.05. The highest BCUT2D eigenvalue weighted by Crippen LogP contribution is 2.38. The average Bonchev–Trinajstić information content (AvgIpc) is 4.10. The van der Waals surface area contributed by atoms with E-state index < -0.39 is 18.0 Å². The Kier molecular flexibility index (Phi) is 11.1. The lowest BCUT2D eigenvalue weighted by Crippen LogP contribution is -2.52. The van der Waals surface area contributed by atoms with Gasteiger partial charge in [0.2, 0.25) is 23.6 Å². The highest BCUT2D eigenvalue weighted by Gasteiger charge is 2.39. The van der Waals surface area contributed by atoms with Crippen LogP contribution >= 0.6 is 0 Å². The first-order valence-corrected chi connectivity index (χ1v) is 21.2. The molecular weight excluding hydrogens is 781 g/mol. The number of pyridine rings is 1. The van der Waals surface area contributed by atoms with Gasteiger partial charge in [-0.05, 0) is 74.4 Å². The number of unbranched alkanes of at least 4 members (excludes halogenated alkanes) is 2. The zero-order chi connectivity index (χ0) is 42.0. The molecule has 3 fully saturated rings. The second kappa shape index (κ2) is 17.1. The normalized spacial score (nSPS) is 18.2. The molecule has 316 valence electrons. The third-order valence-corrected chi connectivity index (χ3v) is 12.2. The van der Waals surface area contributed by atoms with E-state index in [1.807, 2.05) is 46.7 Å². The number of carbonyl (C=O) groups is 5. The van der Waals surface area contributed by atoms with Gasteiger partial charge in [-0.1, -0.05) is 19.3 Å². The van der Waals surface area contributed by atoms with E-state index in [2.05, 4.69) is 46.1 Å². The first-order chi connectivity index (χ1) is 29.7. The van der Waals surface area contributed by atoms with E-state index in [9.17, 15) is 24.0 Å². The van der Waals surface area contributed by atoms with E-state index in [0.717, 1.165) is 73.1 Å². The highest BCUT2D eigenvalue weighted by atomic mass is 16.4. The van der Waals surface area contributed by atoms with Gasteiger partial charge in [0.25, 0.3) is 11.8 Å². The molecule has 0 spiro atoms. The fourth-order valence-corrected chi connectivity index (χ4v) is 9.04. The topological polar surface area (TPSA) is 213 Å². The Hall–Kier alpha value is -6.72. The van der Waals surface area contributed by atoms with Crippen LogP contribution in [-0.2, 0) is 27.3 Å². The second-order valence-corrected chi connectivity index (χ2v) is 16.3. The summed E-state index contributed by atoms with van der Waals surface area (Å²) in [6.07, 6.45) is 13.3. The number of imide groups is 1. The molecule has 7 heterocycles. The van der Waals surface area contributed by atoms with Crippen LogP contribution in [0, 0.1) is 6.92 Å². The Morgan fingerprint density at radius 2 is 1.75 bits per heavy atom. The van der Waals surface area contributed by atoms with Gasteiger partial charge >= 0.3 is 6.03 Å². The molecule has 1 unspecified atom stereocenters. The van der Waals surface area contributed by atoms with Crippen LogP contribution in [0.25, 0.3) is 17.2 Å². The Morgan fingerprint density at radius 1 is 0.918 bits per heavy atom. The number of piperazine rings is 1. The molecule has 9 rings (SSSR count). The number of rotatable bonds is 12. The molecule has 18 heteroatoms. The van der Waals surface area contributed by atoms with Crippen LogP contribution in [0.15, 0.2) is 53.3 Å². The Bertz CT molecular complexity index is 2500. The summed E-state index contributed by atoms with van der Waals surface area (Å²) in [7, 11) is 0. The maximum atomic E-state index is 13.1. The lowest BCUT2D eigenvalue weighted by Gasteiger charge is -2.36. The third-order valence-electron chi connectivity index (χ3n) is 12.2. The van der Waals surface area contributed by atoms with E-state index in [4.69, 9.17) is 4.42 Å². The van der Waals surface area contributed by atoms with Crippen LogP contribution in [0.3, 0.4) is 0 Å². The SMILES string of the molecule is Cc1cc(NC(=O)Nc2cnc3ccnn3c2C2CCCC2)cnc1-c1nnc(CCCCCC(=O)N2CCN(c3ccc4c(c3)CN(C3CCC(=O)NC3=O)C4=O)CC2)o1. The molecule has 0 bridgehead atoms. The molecule has 0 radical (unpaired) electrons. The quantitative estimate of drug-likeness (QED) is 0.112. The van der Waals surface area contributed by atoms with Crippen molar-refractivity contribution in [3.63, 3.8) is 0 Å². The predicted molar refractivity (Wildman–Crippen MR) is 223 cm³/mol. The van der Waals surface area contributed by atoms with E-state index in [1.165, 1.54) is 0 Å². The van der Waals surface area contributed by atoms with E-state index in [-0.39, 0.29) is 24.1 Å². The number of aromatic nitrogens is 6. The average molecular weight is 829 g/mol. The van der Waals surface area contributed by atoms with E-state index in [1.54, 1.807) is 23.5 Å². The third kappa shape index (κ3) is 8.38. The summed E-state index contributed by atoms with van der Waals surface area (Å²) in [5.41, 5.74) is 6.62. The Morgan fingerprint density at radius 3 is 2.56 bits per heavy atom. The van der Waals surface area contributed by atoms with Gasteiger partial charge in [-0.25, -0.2) is 19.3 Å². The summed E-state index contributed by atoms with van der Waals surface area (Å²) in [5, 5.41) is 21.1. The summed E-state index contributed by atoms with van der Waals surface area (Å²) in [6.45, 7) is 4.79. The molecule has 1 saturated carbocycles. The van der Waals surface area contributed by atoms with Gasteiger partial charge in [0.1, 0.15) is 11.7 Å². The Labute approximate surface area is 351 Å². The molecule has 3 N–H and O–H groups in total. The van der Waals surface area contributed by atoms with Crippen molar-refractivity contribution in [3.8, 4) is 11.6 Å². The molecule has 61 heavy (non-hydrogen) atoms. The second-order valence-electron chi connectivity index (χ2n) is 16.3. The zero-order valence-corrected chi connectivity index (χ0v) is 34.1. The van der Waals surface area contributed by atoms with Gasteiger partial charge in [0.05, 0.1) is 35.7 Å². The molecule has 18 nitrogen and oxygen atoms in total. The van der Waals surface area contributed by atoms with Crippen LogP contribution in [0.1, 0.15) is 103 Å². The fraction of sp³-hybridized carbons (Fsp3) is 0.442. The molecule has 6 amide bonds. The van der Waals surface area contributed by atoms with Crippen molar-refractivity contribution < 1.29 is 28.4 Å². The molecule has 3 aliphatic heterocycles. The number of aryl methyl sites for hydroxylation is 2. The number of nitrogens with zero attached hydrogens (tertiary/aromatic N) is 9. The van der Waals surface area contributed by atoms with Crippen molar-refractivity contribution >= 4 is 52.4 Å². The number of hydrogen-bond donors (Lipinski definition) is 3. The van der Waals surface area contributed by atoms with Crippen molar-refractivity contribution in [2.75, 3.05) is 41.7 Å². The van der Waals surface area contributed by atoms with Gasteiger partial charge in [-0.3, -0.25) is 24.5 Å². The number of nitrogens with one attached hydrogen (secondary N) is 3. The molecule has 2 saturated heterocycles. The van der Waals surface area contributed by atoms with Gasteiger partial charge in [-0.15, -0.1) is 10.2 Å². The van der Waals surface area contributed by atoms with Crippen LogP contribution in [0.4, 0.5) is 21.9 Å². The number of benzene rings is 1. The minimum atomic E-state index is -0.642. The van der Waals surface area contributed by atoms with Crippen molar-refractivity contribution in [3.05, 3.63) is 77.2 Å². The molecule has 5 aromatic rings. The minimum absolute atomic E-state index is 0.137.